The molecular weight excluding hydrogens is 628 g/mol. The number of rotatable bonds is 10. The van der Waals surface area contributed by atoms with Crippen LogP contribution in [-0.4, -0.2) is 34.0 Å². The highest BCUT2D eigenvalue weighted by Gasteiger charge is 2.19. The van der Waals surface area contributed by atoms with E-state index in [0.29, 0.717) is 10.6 Å². The van der Waals surface area contributed by atoms with Gasteiger partial charge in [-0.1, -0.05) is 53.5 Å². The Morgan fingerprint density at radius 2 is 1.57 bits per heavy atom. The maximum atomic E-state index is 14.6. The number of aromatic carboxylic acids is 1. The Labute approximate surface area is 266 Å². The van der Waals surface area contributed by atoms with Gasteiger partial charge in [0.1, 0.15) is 11.5 Å². The van der Waals surface area contributed by atoms with E-state index in [0.717, 1.165) is 6.08 Å². The van der Waals surface area contributed by atoms with Gasteiger partial charge in [-0.2, -0.15) is 0 Å². The van der Waals surface area contributed by atoms with Gasteiger partial charge in [-0.3, -0.25) is 14.4 Å². The zero-order chi connectivity index (χ0) is 31.8. The van der Waals surface area contributed by atoms with Crippen molar-refractivity contribution in [3.63, 3.8) is 0 Å². The largest absolute Gasteiger partial charge is 0.478 e. The van der Waals surface area contributed by atoms with Gasteiger partial charge in [0.15, 0.2) is 0 Å². The standard InChI is InChI=1S/C32H24Cl2FN3O5S/c1-18(29(39)37-27-15-20(32(42)43)13-14-25(27)34)44-22-10-5-9-21(16-22)36-31(41)28(17-23-24(33)11-6-12-26(23)35)38-30(40)19-7-3-2-4-8-19/h2-18H,1H3,(H,36,41)(H,37,39)(H,38,40)(H,42,43)/b28-17+. The Morgan fingerprint density at radius 1 is 0.841 bits per heavy atom. The predicted molar refractivity (Wildman–Crippen MR) is 171 cm³/mol. The van der Waals surface area contributed by atoms with E-state index in [1.165, 1.54) is 48.2 Å². The van der Waals surface area contributed by atoms with Crippen LogP contribution in [0, 0.1) is 5.82 Å². The molecule has 0 aliphatic rings. The molecule has 4 rings (SSSR count). The fourth-order valence-corrected chi connectivity index (χ4v) is 5.14. The van der Waals surface area contributed by atoms with Crippen molar-refractivity contribution in [2.45, 2.75) is 17.1 Å². The number of carboxylic acid groups (broad SMARTS) is 1. The fourth-order valence-electron chi connectivity index (χ4n) is 3.83. The van der Waals surface area contributed by atoms with Gasteiger partial charge in [-0.15, -0.1) is 11.8 Å². The monoisotopic (exact) mass is 651 g/mol. The second kappa shape index (κ2) is 14.7. The van der Waals surface area contributed by atoms with Crippen LogP contribution < -0.4 is 16.0 Å². The molecule has 44 heavy (non-hydrogen) atoms. The van der Waals surface area contributed by atoms with Crippen molar-refractivity contribution >= 4 is 76.1 Å². The minimum Gasteiger partial charge on any atom is -0.478 e. The number of hydrogen-bond donors (Lipinski definition) is 4. The summed E-state index contributed by atoms with van der Waals surface area (Å²) in [4.78, 5) is 51.0. The van der Waals surface area contributed by atoms with Gasteiger partial charge >= 0.3 is 5.97 Å². The Hall–Kier alpha value is -4.64. The molecule has 0 bridgehead atoms. The van der Waals surface area contributed by atoms with Crippen molar-refractivity contribution in [3.05, 3.63) is 129 Å². The highest BCUT2D eigenvalue weighted by atomic mass is 35.5. The average Bonchev–Trinajstić information content (AvgIpc) is 2.99. The van der Waals surface area contributed by atoms with E-state index in [1.807, 2.05) is 0 Å². The third-order valence-electron chi connectivity index (χ3n) is 6.06. The summed E-state index contributed by atoms with van der Waals surface area (Å²) < 4.78 is 14.6. The van der Waals surface area contributed by atoms with Gasteiger partial charge in [0.25, 0.3) is 11.8 Å². The van der Waals surface area contributed by atoms with Crippen LogP contribution in [-0.2, 0) is 9.59 Å². The predicted octanol–water partition coefficient (Wildman–Crippen LogP) is 7.36. The molecule has 224 valence electrons. The molecule has 0 heterocycles. The maximum absolute atomic E-state index is 14.6. The summed E-state index contributed by atoms with van der Waals surface area (Å²) >= 11 is 13.5. The summed E-state index contributed by atoms with van der Waals surface area (Å²) in [6, 6.07) is 22.9. The Morgan fingerprint density at radius 3 is 2.27 bits per heavy atom. The highest BCUT2D eigenvalue weighted by molar-refractivity contribution is 8.00. The molecule has 0 radical (unpaired) electrons. The second-order valence-electron chi connectivity index (χ2n) is 9.24. The molecule has 0 fully saturated rings. The van der Waals surface area contributed by atoms with E-state index in [2.05, 4.69) is 16.0 Å². The van der Waals surface area contributed by atoms with Gasteiger partial charge in [0, 0.05) is 21.7 Å². The van der Waals surface area contributed by atoms with Crippen molar-refractivity contribution in [3.8, 4) is 0 Å². The van der Waals surface area contributed by atoms with E-state index in [9.17, 15) is 28.7 Å². The van der Waals surface area contributed by atoms with E-state index in [1.54, 1.807) is 61.5 Å². The van der Waals surface area contributed by atoms with Crippen LogP contribution in [0.25, 0.3) is 6.08 Å². The Bertz CT molecular complexity index is 1750. The summed E-state index contributed by atoms with van der Waals surface area (Å²) in [6.07, 6.45) is 1.16. The van der Waals surface area contributed by atoms with Crippen molar-refractivity contribution in [2.24, 2.45) is 0 Å². The van der Waals surface area contributed by atoms with Crippen LogP contribution in [0.3, 0.4) is 0 Å². The third-order valence-corrected chi connectivity index (χ3v) is 7.82. The lowest BCUT2D eigenvalue weighted by atomic mass is 10.1. The zero-order valence-corrected chi connectivity index (χ0v) is 25.3. The molecule has 0 aliphatic heterocycles. The zero-order valence-electron chi connectivity index (χ0n) is 22.9. The van der Waals surface area contributed by atoms with E-state index in [-0.39, 0.29) is 38.1 Å². The van der Waals surface area contributed by atoms with E-state index in [4.69, 9.17) is 23.2 Å². The molecule has 3 amide bonds. The molecule has 4 aromatic rings. The number of benzene rings is 4. The number of carbonyl (C=O) groups excluding carboxylic acids is 3. The van der Waals surface area contributed by atoms with Crippen molar-refractivity contribution in [2.75, 3.05) is 10.6 Å². The first kappa shape index (κ1) is 32.3. The highest BCUT2D eigenvalue weighted by Crippen LogP contribution is 2.29. The second-order valence-corrected chi connectivity index (χ2v) is 11.5. The molecule has 1 unspecified atom stereocenters. The molecule has 0 spiro atoms. The number of anilines is 2. The van der Waals surface area contributed by atoms with Crippen LogP contribution >= 0.6 is 35.0 Å². The summed E-state index contributed by atoms with van der Waals surface area (Å²) in [5.41, 5.74) is 0.427. The Balaban J connectivity index is 1.51. The summed E-state index contributed by atoms with van der Waals surface area (Å²) in [5.74, 6) is -3.59. The summed E-state index contributed by atoms with van der Waals surface area (Å²) in [5, 5.41) is 16.7. The quantitative estimate of drug-likeness (QED) is 0.105. The number of carboxylic acids is 1. The molecule has 1 atom stereocenters. The van der Waals surface area contributed by atoms with Crippen LogP contribution in [0.1, 0.15) is 33.2 Å². The normalized spacial score (nSPS) is 11.8. The van der Waals surface area contributed by atoms with Gasteiger partial charge in [-0.05, 0) is 73.7 Å². The average molecular weight is 653 g/mol. The molecule has 4 aromatic carbocycles. The van der Waals surface area contributed by atoms with Crippen LogP contribution in [0.4, 0.5) is 15.8 Å². The molecule has 4 N–H and O–H groups in total. The third kappa shape index (κ3) is 8.47. The minimum absolute atomic E-state index is 0.0286. The lowest BCUT2D eigenvalue weighted by molar-refractivity contribution is -0.115. The van der Waals surface area contributed by atoms with Crippen LogP contribution in [0.15, 0.2) is 102 Å². The van der Waals surface area contributed by atoms with E-state index >= 15 is 0 Å². The fraction of sp³-hybridized carbons (Fsp3) is 0.0625. The van der Waals surface area contributed by atoms with Gasteiger partial charge in [0.2, 0.25) is 5.91 Å². The molecular formula is C32H24Cl2FN3O5S. The number of nitrogens with one attached hydrogen (secondary N) is 3. The molecule has 0 saturated heterocycles. The molecule has 0 aromatic heterocycles. The molecule has 0 aliphatic carbocycles. The minimum atomic E-state index is -1.16. The number of amides is 3. The van der Waals surface area contributed by atoms with Crippen LogP contribution in [0.2, 0.25) is 10.0 Å². The number of carbonyl (C=O) groups is 4. The SMILES string of the molecule is CC(Sc1cccc(NC(=O)/C(=C\c2c(F)cccc2Cl)NC(=O)c2ccccc2)c1)C(=O)Nc1cc(C(=O)O)ccc1Cl. The summed E-state index contributed by atoms with van der Waals surface area (Å²) in [6.45, 7) is 1.65. The van der Waals surface area contributed by atoms with Gasteiger partial charge < -0.3 is 21.1 Å². The lowest BCUT2D eigenvalue weighted by Gasteiger charge is -2.15. The Kier molecular flexibility index (Phi) is 10.8. The first-order valence-corrected chi connectivity index (χ1v) is 14.6. The van der Waals surface area contributed by atoms with E-state index < -0.39 is 34.8 Å². The number of hydrogen-bond acceptors (Lipinski definition) is 5. The maximum Gasteiger partial charge on any atom is 0.335 e. The smallest absolute Gasteiger partial charge is 0.335 e. The van der Waals surface area contributed by atoms with Crippen LogP contribution in [0.5, 0.6) is 0 Å². The molecule has 0 saturated carbocycles. The molecule has 8 nitrogen and oxygen atoms in total. The number of halogens is 3. The van der Waals surface area contributed by atoms with Crippen molar-refractivity contribution in [1.82, 2.24) is 5.32 Å². The first-order valence-electron chi connectivity index (χ1n) is 13.0. The number of thioether (sulfide) groups is 1. The first-order chi connectivity index (χ1) is 21.0. The van der Waals surface area contributed by atoms with Crippen molar-refractivity contribution < 1.29 is 28.7 Å². The topological polar surface area (TPSA) is 125 Å². The molecule has 12 heteroatoms. The van der Waals surface area contributed by atoms with Crippen molar-refractivity contribution in [1.29, 1.82) is 0 Å². The summed E-state index contributed by atoms with van der Waals surface area (Å²) in [7, 11) is 0. The van der Waals surface area contributed by atoms with Gasteiger partial charge in [-0.25, -0.2) is 9.18 Å². The van der Waals surface area contributed by atoms with Gasteiger partial charge in [0.05, 0.1) is 26.5 Å². The lowest BCUT2D eigenvalue weighted by Crippen LogP contribution is -2.30.